The highest BCUT2D eigenvalue weighted by Gasteiger charge is 2.34. The Morgan fingerprint density at radius 1 is 1.29 bits per heavy atom. The van der Waals surface area contributed by atoms with Crippen molar-refractivity contribution < 1.29 is 4.74 Å². The molecular weight excluding hydrogens is 212 g/mol. The summed E-state index contributed by atoms with van der Waals surface area (Å²) in [6.45, 7) is 11.5. The minimum atomic E-state index is 0.524. The number of piperidine rings is 1. The number of nitrogens with zero attached hydrogens (tertiary/aromatic N) is 1. The van der Waals surface area contributed by atoms with Crippen molar-refractivity contribution in [3.63, 3.8) is 0 Å². The predicted octanol–water partition coefficient (Wildman–Crippen LogP) is 1.88. The van der Waals surface area contributed by atoms with Gasteiger partial charge in [-0.1, -0.05) is 6.92 Å². The Morgan fingerprint density at radius 2 is 2.06 bits per heavy atom. The highest BCUT2D eigenvalue weighted by Crippen LogP contribution is 2.31. The maximum Gasteiger partial charge on any atom is 0.0599 e. The Bertz CT molecular complexity index is 218. The molecule has 0 radical (unpaired) electrons. The molecule has 0 spiro atoms. The number of hydrogen-bond acceptors (Lipinski definition) is 3. The van der Waals surface area contributed by atoms with Crippen LogP contribution in [0.1, 0.15) is 39.5 Å². The molecule has 0 aliphatic carbocycles. The van der Waals surface area contributed by atoms with Crippen LogP contribution < -0.4 is 5.32 Å². The molecule has 0 aromatic rings. The fourth-order valence-corrected chi connectivity index (χ4v) is 3.29. The van der Waals surface area contributed by atoms with E-state index in [1.54, 1.807) is 0 Å². The quantitative estimate of drug-likeness (QED) is 0.794. The van der Waals surface area contributed by atoms with Crippen molar-refractivity contribution in [2.45, 2.75) is 45.6 Å². The lowest BCUT2D eigenvalue weighted by molar-refractivity contribution is 0.00496. The number of rotatable bonds is 5. The van der Waals surface area contributed by atoms with Crippen LogP contribution in [-0.4, -0.2) is 50.3 Å². The van der Waals surface area contributed by atoms with E-state index in [4.69, 9.17) is 4.74 Å². The summed E-state index contributed by atoms with van der Waals surface area (Å²) in [4.78, 5) is 2.66. The number of hydrogen-bond donors (Lipinski definition) is 1. The van der Waals surface area contributed by atoms with Gasteiger partial charge in [-0.15, -0.1) is 0 Å². The summed E-state index contributed by atoms with van der Waals surface area (Å²) in [6, 6.07) is 0. The Morgan fingerprint density at radius 3 is 2.59 bits per heavy atom. The Hall–Kier alpha value is -0.120. The van der Waals surface area contributed by atoms with Crippen molar-refractivity contribution in [2.75, 3.05) is 39.3 Å². The van der Waals surface area contributed by atoms with Crippen LogP contribution in [0.3, 0.4) is 0 Å². The van der Waals surface area contributed by atoms with E-state index in [1.165, 1.54) is 58.4 Å². The Balaban J connectivity index is 1.77. The first-order valence-electron chi connectivity index (χ1n) is 7.33. The monoisotopic (exact) mass is 240 g/mol. The Labute approximate surface area is 106 Å². The third-order valence-corrected chi connectivity index (χ3v) is 4.58. The van der Waals surface area contributed by atoms with Crippen molar-refractivity contribution in [1.82, 2.24) is 10.2 Å². The molecule has 2 fully saturated rings. The zero-order valence-electron chi connectivity index (χ0n) is 11.5. The van der Waals surface area contributed by atoms with E-state index in [-0.39, 0.29) is 0 Å². The molecule has 0 saturated carbocycles. The predicted molar refractivity (Wildman–Crippen MR) is 71.3 cm³/mol. The summed E-state index contributed by atoms with van der Waals surface area (Å²) in [5.41, 5.74) is 0.554. The van der Waals surface area contributed by atoms with Gasteiger partial charge in [-0.05, 0) is 44.6 Å². The molecule has 17 heavy (non-hydrogen) atoms. The topological polar surface area (TPSA) is 24.5 Å². The lowest BCUT2D eigenvalue weighted by atomic mass is 9.83. The average Bonchev–Trinajstić information content (AvgIpc) is 2.81. The second-order valence-electron chi connectivity index (χ2n) is 5.71. The first-order valence-corrected chi connectivity index (χ1v) is 7.33. The molecule has 2 aliphatic heterocycles. The first-order chi connectivity index (χ1) is 8.28. The maximum atomic E-state index is 5.71. The van der Waals surface area contributed by atoms with E-state index in [9.17, 15) is 0 Å². The van der Waals surface area contributed by atoms with Crippen LogP contribution in [0.15, 0.2) is 0 Å². The molecule has 0 aromatic carbocycles. The molecule has 2 heterocycles. The molecule has 0 aromatic heterocycles. The fourth-order valence-electron chi connectivity index (χ4n) is 3.29. The summed E-state index contributed by atoms with van der Waals surface area (Å²) in [7, 11) is 0. The van der Waals surface area contributed by atoms with Gasteiger partial charge in [0.1, 0.15) is 0 Å². The summed E-state index contributed by atoms with van der Waals surface area (Å²) >= 11 is 0. The second-order valence-corrected chi connectivity index (χ2v) is 5.71. The second kappa shape index (κ2) is 6.17. The van der Waals surface area contributed by atoms with Crippen LogP contribution >= 0.6 is 0 Å². The largest absolute Gasteiger partial charge is 0.378 e. The van der Waals surface area contributed by atoms with Gasteiger partial charge in [-0.25, -0.2) is 0 Å². The summed E-state index contributed by atoms with van der Waals surface area (Å²) in [6.07, 6.45) is 5.64. The van der Waals surface area contributed by atoms with Crippen LogP contribution in [0.25, 0.3) is 0 Å². The van der Waals surface area contributed by atoms with Gasteiger partial charge < -0.3 is 15.0 Å². The molecule has 2 aliphatic rings. The highest BCUT2D eigenvalue weighted by molar-refractivity contribution is 4.90. The molecule has 2 rings (SSSR count). The van der Waals surface area contributed by atoms with Gasteiger partial charge in [-0.3, -0.25) is 0 Å². The number of ether oxygens (including phenoxy) is 1. The van der Waals surface area contributed by atoms with Crippen molar-refractivity contribution >= 4 is 0 Å². The van der Waals surface area contributed by atoms with Gasteiger partial charge in [0.05, 0.1) is 6.10 Å². The standard InChI is InChI=1S/C14H28N2O/c1-3-14(7-8-15-11-14)12-16-9-5-13(6-10-16)17-4-2/h13,15H,3-12H2,1-2H3. The lowest BCUT2D eigenvalue weighted by Crippen LogP contribution is -2.44. The third-order valence-electron chi connectivity index (χ3n) is 4.58. The van der Waals surface area contributed by atoms with Gasteiger partial charge in [0.2, 0.25) is 0 Å². The summed E-state index contributed by atoms with van der Waals surface area (Å²) in [5.74, 6) is 0. The zero-order valence-corrected chi connectivity index (χ0v) is 11.5. The normalized spacial score (nSPS) is 32.1. The van der Waals surface area contributed by atoms with Gasteiger partial charge in [0, 0.05) is 32.8 Å². The van der Waals surface area contributed by atoms with E-state index in [2.05, 4.69) is 24.1 Å². The van der Waals surface area contributed by atoms with E-state index in [0.717, 1.165) is 6.61 Å². The average molecular weight is 240 g/mol. The number of likely N-dealkylation sites (tertiary alicyclic amines) is 1. The minimum Gasteiger partial charge on any atom is -0.378 e. The molecule has 2 saturated heterocycles. The van der Waals surface area contributed by atoms with Gasteiger partial charge in [0.25, 0.3) is 0 Å². The van der Waals surface area contributed by atoms with Crippen molar-refractivity contribution in [2.24, 2.45) is 5.41 Å². The summed E-state index contributed by atoms with van der Waals surface area (Å²) in [5, 5.41) is 3.53. The fraction of sp³-hybridized carbons (Fsp3) is 1.00. The van der Waals surface area contributed by atoms with E-state index in [0.29, 0.717) is 11.5 Å². The molecule has 3 nitrogen and oxygen atoms in total. The van der Waals surface area contributed by atoms with Crippen LogP contribution in [0.5, 0.6) is 0 Å². The van der Waals surface area contributed by atoms with Crippen LogP contribution in [-0.2, 0) is 4.74 Å². The molecular formula is C14H28N2O. The SMILES string of the molecule is CCOC1CCN(CC2(CC)CCNC2)CC1. The van der Waals surface area contributed by atoms with Crippen LogP contribution in [0.4, 0.5) is 0 Å². The highest BCUT2D eigenvalue weighted by atomic mass is 16.5. The van der Waals surface area contributed by atoms with Crippen molar-refractivity contribution in [3.05, 3.63) is 0 Å². The maximum absolute atomic E-state index is 5.71. The third kappa shape index (κ3) is 3.43. The Kier molecular flexibility index (Phi) is 4.83. The van der Waals surface area contributed by atoms with Gasteiger partial charge in [0.15, 0.2) is 0 Å². The lowest BCUT2D eigenvalue weighted by Gasteiger charge is -2.38. The van der Waals surface area contributed by atoms with E-state index < -0.39 is 0 Å². The molecule has 1 unspecified atom stereocenters. The number of nitrogens with one attached hydrogen (secondary N) is 1. The molecule has 3 heteroatoms. The van der Waals surface area contributed by atoms with Crippen molar-refractivity contribution in [1.29, 1.82) is 0 Å². The van der Waals surface area contributed by atoms with Crippen LogP contribution in [0.2, 0.25) is 0 Å². The van der Waals surface area contributed by atoms with Gasteiger partial charge in [-0.2, -0.15) is 0 Å². The minimum absolute atomic E-state index is 0.524. The van der Waals surface area contributed by atoms with Crippen LogP contribution in [0, 0.1) is 5.41 Å². The first kappa shape index (κ1) is 13.3. The molecule has 100 valence electrons. The smallest absolute Gasteiger partial charge is 0.0599 e. The van der Waals surface area contributed by atoms with E-state index in [1.807, 2.05) is 0 Å². The van der Waals surface area contributed by atoms with E-state index >= 15 is 0 Å². The summed E-state index contributed by atoms with van der Waals surface area (Å²) < 4.78 is 5.71. The molecule has 1 atom stereocenters. The molecule has 0 bridgehead atoms. The molecule has 0 amide bonds. The zero-order chi connectivity index (χ0) is 12.1. The van der Waals surface area contributed by atoms with Gasteiger partial charge >= 0.3 is 0 Å². The molecule has 1 N–H and O–H groups in total. The van der Waals surface area contributed by atoms with Crippen molar-refractivity contribution in [3.8, 4) is 0 Å².